The third-order valence-corrected chi connectivity index (χ3v) is 5.35. The van der Waals surface area contributed by atoms with E-state index in [-0.39, 0.29) is 17.5 Å². The van der Waals surface area contributed by atoms with Crippen LogP contribution in [0.4, 0.5) is 0 Å². The molecule has 0 saturated carbocycles. The van der Waals surface area contributed by atoms with Crippen molar-refractivity contribution in [1.82, 2.24) is 20.2 Å². The Morgan fingerprint density at radius 2 is 1.96 bits per heavy atom. The minimum atomic E-state index is -0.274. The Bertz CT molecular complexity index is 1010. The van der Waals surface area contributed by atoms with Crippen molar-refractivity contribution in [1.29, 1.82) is 0 Å². The predicted octanol–water partition coefficient (Wildman–Crippen LogP) is 2.88. The van der Waals surface area contributed by atoms with E-state index in [2.05, 4.69) is 26.3 Å². The first kappa shape index (κ1) is 18.4. The van der Waals surface area contributed by atoms with Gasteiger partial charge >= 0.3 is 0 Å². The second-order valence-electron chi connectivity index (χ2n) is 7.20. The topological polar surface area (TPSA) is 78.1 Å². The van der Waals surface area contributed by atoms with Crippen molar-refractivity contribution in [3.05, 3.63) is 76.3 Å². The zero-order valence-corrected chi connectivity index (χ0v) is 15.7. The molecule has 0 unspecified atom stereocenters. The fourth-order valence-electron chi connectivity index (χ4n) is 3.94. The monoisotopic (exact) mass is 376 g/mol. The molecule has 1 fully saturated rings. The Morgan fingerprint density at radius 3 is 2.75 bits per heavy atom. The van der Waals surface area contributed by atoms with E-state index in [9.17, 15) is 9.59 Å². The number of amides is 1. The van der Waals surface area contributed by atoms with E-state index in [0.29, 0.717) is 17.6 Å². The number of para-hydroxylation sites is 1. The van der Waals surface area contributed by atoms with E-state index >= 15 is 0 Å². The Balaban J connectivity index is 1.57. The molecule has 0 spiro atoms. The molecule has 2 aromatic heterocycles. The van der Waals surface area contributed by atoms with Crippen LogP contribution < -0.4 is 10.9 Å². The van der Waals surface area contributed by atoms with Crippen LogP contribution in [0.1, 0.15) is 41.2 Å². The lowest BCUT2D eigenvalue weighted by atomic mass is 10.0. The molecule has 28 heavy (non-hydrogen) atoms. The van der Waals surface area contributed by atoms with Crippen LogP contribution in [-0.4, -0.2) is 40.4 Å². The quantitative estimate of drug-likeness (QED) is 0.718. The number of fused-ring (bicyclic) bond motifs is 1. The van der Waals surface area contributed by atoms with Crippen LogP contribution in [0.2, 0.25) is 0 Å². The van der Waals surface area contributed by atoms with Gasteiger partial charge in [0, 0.05) is 35.9 Å². The summed E-state index contributed by atoms with van der Waals surface area (Å²) in [5.41, 5.74) is 1.90. The molecule has 1 aliphatic rings. The Labute approximate surface area is 163 Å². The number of rotatable bonds is 5. The van der Waals surface area contributed by atoms with Crippen LogP contribution in [0.5, 0.6) is 0 Å². The lowest BCUT2D eigenvalue weighted by Gasteiger charge is -2.34. The summed E-state index contributed by atoms with van der Waals surface area (Å²) in [6.07, 6.45) is 7.22. The SMILES string of the molecule is O=C(NC[C@@H](c1cccnc1)N1CCCCC1)c1cc(=O)[nH]c2ccccc12. The minimum Gasteiger partial charge on any atom is -0.350 e. The highest BCUT2D eigenvalue weighted by atomic mass is 16.2. The second-order valence-corrected chi connectivity index (χ2v) is 7.20. The number of likely N-dealkylation sites (tertiary alicyclic amines) is 1. The van der Waals surface area contributed by atoms with Gasteiger partial charge in [-0.3, -0.25) is 19.5 Å². The summed E-state index contributed by atoms with van der Waals surface area (Å²) >= 11 is 0. The summed E-state index contributed by atoms with van der Waals surface area (Å²) in [5.74, 6) is -0.229. The molecule has 2 N–H and O–H groups in total. The highest BCUT2D eigenvalue weighted by molar-refractivity contribution is 6.05. The molecule has 3 aromatic rings. The fraction of sp³-hybridized carbons (Fsp3) is 0.318. The van der Waals surface area contributed by atoms with Gasteiger partial charge in [-0.1, -0.05) is 30.7 Å². The molecule has 3 heterocycles. The zero-order valence-electron chi connectivity index (χ0n) is 15.7. The van der Waals surface area contributed by atoms with Crippen molar-refractivity contribution in [3.63, 3.8) is 0 Å². The number of hydrogen-bond donors (Lipinski definition) is 2. The Morgan fingerprint density at radius 1 is 1.14 bits per heavy atom. The molecule has 6 nitrogen and oxygen atoms in total. The van der Waals surface area contributed by atoms with Crippen LogP contribution in [0.25, 0.3) is 10.9 Å². The number of nitrogens with zero attached hydrogens (tertiary/aromatic N) is 2. The minimum absolute atomic E-state index is 0.0752. The average molecular weight is 376 g/mol. The first-order chi connectivity index (χ1) is 13.7. The van der Waals surface area contributed by atoms with E-state index in [0.717, 1.165) is 24.0 Å². The van der Waals surface area contributed by atoms with Crippen molar-refractivity contribution in [2.45, 2.75) is 25.3 Å². The molecule has 0 aliphatic carbocycles. The van der Waals surface area contributed by atoms with E-state index < -0.39 is 0 Å². The van der Waals surface area contributed by atoms with Gasteiger partial charge in [0.25, 0.3) is 5.91 Å². The summed E-state index contributed by atoms with van der Waals surface area (Å²) in [5, 5.41) is 3.80. The van der Waals surface area contributed by atoms with Gasteiger partial charge in [-0.15, -0.1) is 0 Å². The standard InChI is InChI=1S/C22H24N4O2/c27-21-13-18(17-8-2-3-9-19(17)25-21)22(28)24-15-20(16-7-6-10-23-14-16)26-11-4-1-5-12-26/h2-3,6-10,13-14,20H,1,4-5,11-12,15H2,(H,24,28)(H,25,27)/t20-/m0/s1. The molecule has 6 heteroatoms. The molecule has 144 valence electrons. The maximum Gasteiger partial charge on any atom is 0.252 e. The number of H-pyrrole nitrogens is 1. The van der Waals surface area contributed by atoms with E-state index in [1.807, 2.05) is 30.5 Å². The maximum atomic E-state index is 12.9. The second kappa shape index (κ2) is 8.35. The summed E-state index contributed by atoms with van der Waals surface area (Å²) in [6, 6.07) is 12.8. The summed E-state index contributed by atoms with van der Waals surface area (Å²) in [4.78, 5) is 34.3. The van der Waals surface area contributed by atoms with Crippen LogP contribution >= 0.6 is 0 Å². The smallest absolute Gasteiger partial charge is 0.252 e. The molecule has 1 amide bonds. The number of nitrogens with one attached hydrogen (secondary N) is 2. The van der Waals surface area contributed by atoms with Gasteiger partial charge in [0.2, 0.25) is 5.56 Å². The van der Waals surface area contributed by atoms with Gasteiger partial charge in [0.1, 0.15) is 0 Å². The van der Waals surface area contributed by atoms with E-state index in [4.69, 9.17) is 0 Å². The van der Waals surface area contributed by atoms with E-state index in [1.165, 1.54) is 25.3 Å². The lowest BCUT2D eigenvalue weighted by molar-refractivity contribution is 0.0925. The van der Waals surface area contributed by atoms with Crippen LogP contribution in [0.3, 0.4) is 0 Å². The van der Waals surface area contributed by atoms with Gasteiger partial charge in [-0.25, -0.2) is 0 Å². The first-order valence-corrected chi connectivity index (χ1v) is 9.76. The molecular weight excluding hydrogens is 352 g/mol. The van der Waals surface area contributed by atoms with Crippen LogP contribution in [0, 0.1) is 0 Å². The number of benzene rings is 1. The molecule has 0 bridgehead atoms. The van der Waals surface area contributed by atoms with Gasteiger partial charge < -0.3 is 10.3 Å². The van der Waals surface area contributed by atoms with Gasteiger partial charge in [-0.2, -0.15) is 0 Å². The van der Waals surface area contributed by atoms with Crippen molar-refractivity contribution < 1.29 is 4.79 Å². The molecular formula is C22H24N4O2. The third kappa shape index (κ3) is 3.97. The van der Waals surface area contributed by atoms with E-state index in [1.54, 1.807) is 12.3 Å². The highest BCUT2D eigenvalue weighted by Crippen LogP contribution is 2.24. The van der Waals surface area contributed by atoms with Gasteiger partial charge in [0.05, 0.1) is 11.6 Å². The fourth-order valence-corrected chi connectivity index (χ4v) is 3.94. The molecule has 1 saturated heterocycles. The number of aromatic nitrogens is 2. The number of piperidine rings is 1. The van der Waals surface area contributed by atoms with Crippen molar-refractivity contribution in [3.8, 4) is 0 Å². The molecule has 1 aliphatic heterocycles. The lowest BCUT2D eigenvalue weighted by Crippen LogP contribution is -2.40. The summed E-state index contributed by atoms with van der Waals surface area (Å²) < 4.78 is 0. The number of carbonyl (C=O) groups excluding carboxylic acids is 1. The van der Waals surface area contributed by atoms with Crippen molar-refractivity contribution in [2.75, 3.05) is 19.6 Å². The van der Waals surface area contributed by atoms with Crippen molar-refractivity contribution >= 4 is 16.8 Å². The Kier molecular flexibility index (Phi) is 5.48. The molecule has 1 atom stereocenters. The first-order valence-electron chi connectivity index (χ1n) is 9.76. The van der Waals surface area contributed by atoms with Gasteiger partial charge in [-0.05, 0) is 43.6 Å². The molecule has 0 radical (unpaired) electrons. The number of carbonyl (C=O) groups is 1. The summed E-state index contributed by atoms with van der Waals surface area (Å²) in [6.45, 7) is 2.51. The Hall–Kier alpha value is -2.99. The van der Waals surface area contributed by atoms with Crippen molar-refractivity contribution in [2.24, 2.45) is 0 Å². The molecule has 4 rings (SSSR count). The van der Waals surface area contributed by atoms with Crippen LogP contribution in [0.15, 0.2) is 59.7 Å². The predicted molar refractivity (Wildman–Crippen MR) is 109 cm³/mol. The number of pyridine rings is 2. The highest BCUT2D eigenvalue weighted by Gasteiger charge is 2.23. The molecule has 1 aromatic carbocycles. The maximum absolute atomic E-state index is 12.9. The van der Waals surface area contributed by atoms with Crippen LogP contribution in [-0.2, 0) is 0 Å². The zero-order chi connectivity index (χ0) is 19.3. The average Bonchev–Trinajstić information content (AvgIpc) is 2.74. The number of aromatic amines is 1. The van der Waals surface area contributed by atoms with Gasteiger partial charge in [0.15, 0.2) is 0 Å². The summed E-state index contributed by atoms with van der Waals surface area (Å²) in [7, 11) is 0. The third-order valence-electron chi connectivity index (χ3n) is 5.35. The number of hydrogen-bond acceptors (Lipinski definition) is 4. The largest absolute Gasteiger partial charge is 0.350 e. The normalized spacial score (nSPS) is 16.0.